The molecule has 4 heterocycles. The molecule has 4 unspecified atom stereocenters. The zero-order chi connectivity index (χ0) is 21.0. The molecule has 3 aliphatic heterocycles. The fourth-order valence-corrected chi connectivity index (χ4v) is 5.41. The number of aromatic nitrogens is 1. The fourth-order valence-electron chi connectivity index (χ4n) is 5.41. The molecule has 2 aromatic carbocycles. The van der Waals surface area contributed by atoms with Gasteiger partial charge in [-0.1, -0.05) is 48.6 Å². The molecule has 6 heteroatoms. The minimum Gasteiger partial charge on any atom is -0.361 e. The number of amides is 2. The zero-order valence-electron chi connectivity index (χ0n) is 17.0. The number of hydrogen-bond acceptors (Lipinski definition) is 3. The molecule has 0 radical (unpaired) electrons. The summed E-state index contributed by atoms with van der Waals surface area (Å²) in [7, 11) is 0. The lowest BCUT2D eigenvalue weighted by Crippen LogP contribution is -2.41. The summed E-state index contributed by atoms with van der Waals surface area (Å²) in [5.74, 6) is -1.11. The molecule has 0 saturated carbocycles. The predicted molar refractivity (Wildman–Crippen MR) is 117 cm³/mol. The molecule has 2 saturated heterocycles. The number of ether oxygens (including phenoxy) is 1. The van der Waals surface area contributed by atoms with Crippen LogP contribution in [0.25, 0.3) is 10.9 Å². The summed E-state index contributed by atoms with van der Waals surface area (Å²) in [6.45, 7) is 1.11. The molecule has 6 rings (SSSR count). The van der Waals surface area contributed by atoms with E-state index in [0.717, 1.165) is 17.6 Å². The summed E-state index contributed by atoms with van der Waals surface area (Å²) in [6, 6.07) is 17.5. The quantitative estimate of drug-likeness (QED) is 0.631. The Morgan fingerprint density at radius 2 is 1.97 bits per heavy atom. The van der Waals surface area contributed by atoms with E-state index in [0.29, 0.717) is 13.1 Å². The van der Waals surface area contributed by atoms with E-state index in [1.807, 2.05) is 65.7 Å². The highest BCUT2D eigenvalue weighted by Gasteiger charge is 2.66. The molecule has 4 atom stereocenters. The summed E-state index contributed by atoms with van der Waals surface area (Å²) >= 11 is 0. The molecule has 3 aliphatic rings. The number of aromatic amines is 1. The number of carbonyl (C=O) groups is 2. The maximum absolute atomic E-state index is 13.4. The van der Waals surface area contributed by atoms with Gasteiger partial charge in [0.15, 0.2) is 0 Å². The van der Waals surface area contributed by atoms with Crippen LogP contribution in [0.4, 0.5) is 5.69 Å². The van der Waals surface area contributed by atoms with E-state index < -0.39 is 17.4 Å². The molecule has 3 aromatic rings. The molecular formula is C25H23N3O3. The van der Waals surface area contributed by atoms with Crippen LogP contribution in [0.2, 0.25) is 0 Å². The molecule has 2 N–H and O–H groups in total. The Labute approximate surface area is 179 Å². The third-order valence-electron chi connectivity index (χ3n) is 6.85. The van der Waals surface area contributed by atoms with E-state index in [9.17, 15) is 9.59 Å². The van der Waals surface area contributed by atoms with Crippen LogP contribution < -0.4 is 5.32 Å². The monoisotopic (exact) mass is 413 g/mol. The molecular weight excluding hydrogens is 390 g/mol. The van der Waals surface area contributed by atoms with Crippen LogP contribution >= 0.6 is 0 Å². The second kappa shape index (κ2) is 6.82. The first-order valence-electron chi connectivity index (χ1n) is 10.7. The van der Waals surface area contributed by atoms with Gasteiger partial charge in [-0.2, -0.15) is 0 Å². The van der Waals surface area contributed by atoms with Gasteiger partial charge in [0.25, 0.3) is 0 Å². The van der Waals surface area contributed by atoms with E-state index >= 15 is 0 Å². The number of hydrogen-bond donors (Lipinski definition) is 2. The Bertz CT molecular complexity index is 1200. The Balaban J connectivity index is 1.21. The van der Waals surface area contributed by atoms with E-state index in [2.05, 4.69) is 22.4 Å². The van der Waals surface area contributed by atoms with Crippen LogP contribution in [0.3, 0.4) is 0 Å². The van der Waals surface area contributed by atoms with Crippen molar-refractivity contribution in [2.75, 3.05) is 18.4 Å². The standard InChI is InChI=1S/C25H23N3O3/c29-23(27-17-6-2-1-3-7-17)21-20-10-12-25(31-20)15-28(24(30)22(21)25)13-11-16-14-26-19-9-5-4-8-18(16)19/h1-10,12,14,20-22,26H,11,13,15H2,(H,27,29). The maximum Gasteiger partial charge on any atom is 0.231 e. The average Bonchev–Trinajstić information content (AvgIpc) is 3.53. The number of fused-ring (bicyclic) bond motifs is 2. The number of carbonyl (C=O) groups excluding carboxylic acids is 2. The first kappa shape index (κ1) is 18.4. The van der Waals surface area contributed by atoms with Crippen LogP contribution in [0, 0.1) is 11.8 Å². The first-order chi connectivity index (χ1) is 15.1. The van der Waals surface area contributed by atoms with Gasteiger partial charge in [-0.3, -0.25) is 9.59 Å². The highest BCUT2D eigenvalue weighted by Crippen LogP contribution is 2.52. The summed E-state index contributed by atoms with van der Waals surface area (Å²) in [4.78, 5) is 31.6. The summed E-state index contributed by atoms with van der Waals surface area (Å²) < 4.78 is 6.22. The Kier molecular flexibility index (Phi) is 4.05. The summed E-state index contributed by atoms with van der Waals surface area (Å²) in [6.07, 6.45) is 6.38. The Morgan fingerprint density at radius 3 is 2.84 bits per heavy atom. The summed E-state index contributed by atoms with van der Waals surface area (Å²) in [5, 5.41) is 4.15. The van der Waals surface area contributed by atoms with Gasteiger partial charge >= 0.3 is 0 Å². The lowest BCUT2D eigenvalue weighted by molar-refractivity contribution is -0.135. The van der Waals surface area contributed by atoms with Gasteiger partial charge in [-0.15, -0.1) is 0 Å². The maximum atomic E-state index is 13.4. The smallest absolute Gasteiger partial charge is 0.231 e. The van der Waals surface area contributed by atoms with Crippen molar-refractivity contribution in [1.29, 1.82) is 0 Å². The topological polar surface area (TPSA) is 74.4 Å². The minimum atomic E-state index is -0.680. The number of anilines is 1. The summed E-state index contributed by atoms with van der Waals surface area (Å²) in [5.41, 5.74) is 2.34. The third-order valence-corrected chi connectivity index (χ3v) is 6.85. The SMILES string of the molecule is O=C(Nc1ccccc1)C1C2C=CC3(CN(CCc4c[nH]c5ccccc45)C(=O)C13)O2. The third kappa shape index (κ3) is 2.82. The Hall–Kier alpha value is -3.38. The molecule has 1 aromatic heterocycles. The molecule has 156 valence electrons. The first-order valence-corrected chi connectivity index (χ1v) is 10.7. The van der Waals surface area contributed by atoms with Crippen molar-refractivity contribution >= 4 is 28.4 Å². The van der Waals surface area contributed by atoms with Crippen molar-refractivity contribution in [3.05, 3.63) is 78.5 Å². The van der Waals surface area contributed by atoms with E-state index in [1.165, 1.54) is 10.9 Å². The van der Waals surface area contributed by atoms with Gasteiger partial charge < -0.3 is 19.9 Å². The van der Waals surface area contributed by atoms with Crippen molar-refractivity contribution < 1.29 is 14.3 Å². The lowest BCUT2D eigenvalue weighted by Gasteiger charge is -2.23. The molecule has 2 fully saturated rings. The molecule has 0 aliphatic carbocycles. The predicted octanol–water partition coefficient (Wildman–Crippen LogP) is 3.13. The van der Waals surface area contributed by atoms with Crippen molar-refractivity contribution in [3.8, 4) is 0 Å². The van der Waals surface area contributed by atoms with Gasteiger partial charge in [-0.25, -0.2) is 0 Å². The molecule has 31 heavy (non-hydrogen) atoms. The Morgan fingerprint density at radius 1 is 1.16 bits per heavy atom. The zero-order valence-corrected chi connectivity index (χ0v) is 17.0. The molecule has 2 amide bonds. The highest BCUT2D eigenvalue weighted by atomic mass is 16.5. The number of likely N-dealkylation sites (tertiary alicyclic amines) is 1. The minimum absolute atomic E-state index is 0.0138. The second-order valence-electron chi connectivity index (χ2n) is 8.62. The van der Waals surface area contributed by atoms with Crippen LogP contribution in [-0.2, 0) is 20.7 Å². The fraction of sp³-hybridized carbons (Fsp3) is 0.280. The number of nitrogens with zero attached hydrogens (tertiary/aromatic N) is 1. The van der Waals surface area contributed by atoms with E-state index in [1.54, 1.807) is 0 Å². The molecule has 6 nitrogen and oxygen atoms in total. The van der Waals surface area contributed by atoms with Crippen molar-refractivity contribution in [3.63, 3.8) is 0 Å². The number of nitrogens with one attached hydrogen (secondary N) is 2. The second-order valence-corrected chi connectivity index (χ2v) is 8.62. The average molecular weight is 413 g/mol. The number of rotatable bonds is 5. The number of H-pyrrole nitrogens is 1. The number of para-hydroxylation sites is 2. The largest absolute Gasteiger partial charge is 0.361 e. The van der Waals surface area contributed by atoms with Crippen LogP contribution in [0.15, 0.2) is 72.9 Å². The molecule has 2 bridgehead atoms. The van der Waals surface area contributed by atoms with Gasteiger partial charge in [0.05, 0.1) is 24.5 Å². The van der Waals surface area contributed by atoms with Crippen LogP contribution in [-0.4, -0.2) is 46.5 Å². The van der Waals surface area contributed by atoms with Crippen molar-refractivity contribution in [2.45, 2.75) is 18.1 Å². The van der Waals surface area contributed by atoms with Gasteiger partial charge in [0.1, 0.15) is 5.60 Å². The lowest BCUT2D eigenvalue weighted by atomic mass is 9.77. The van der Waals surface area contributed by atoms with Crippen molar-refractivity contribution in [2.24, 2.45) is 11.8 Å². The molecule has 1 spiro atoms. The van der Waals surface area contributed by atoms with E-state index in [4.69, 9.17) is 4.74 Å². The normalized spacial score (nSPS) is 28.5. The van der Waals surface area contributed by atoms with Crippen LogP contribution in [0.5, 0.6) is 0 Å². The van der Waals surface area contributed by atoms with E-state index in [-0.39, 0.29) is 17.9 Å². The van der Waals surface area contributed by atoms with Crippen molar-refractivity contribution in [1.82, 2.24) is 9.88 Å². The highest BCUT2D eigenvalue weighted by molar-refractivity contribution is 5.99. The van der Waals surface area contributed by atoms with Crippen LogP contribution in [0.1, 0.15) is 5.56 Å². The number of benzene rings is 2. The van der Waals surface area contributed by atoms with Gasteiger partial charge in [-0.05, 0) is 30.2 Å². The van der Waals surface area contributed by atoms with Gasteiger partial charge in [0.2, 0.25) is 11.8 Å². The van der Waals surface area contributed by atoms with Gasteiger partial charge in [0, 0.05) is 29.3 Å².